The summed E-state index contributed by atoms with van der Waals surface area (Å²) in [5.74, 6) is 2.37. The summed E-state index contributed by atoms with van der Waals surface area (Å²) in [5, 5.41) is 2.62. The molecule has 5 rings (SSSR count). The highest BCUT2D eigenvalue weighted by atomic mass is 14.4. The van der Waals surface area contributed by atoms with E-state index in [1.807, 2.05) is 27.7 Å². The largest absolute Gasteiger partial charge is 0.0683 e. The van der Waals surface area contributed by atoms with E-state index in [-0.39, 0.29) is 0 Å². The van der Waals surface area contributed by atoms with Gasteiger partial charge in [0.05, 0.1) is 0 Å². The van der Waals surface area contributed by atoms with Crippen LogP contribution >= 0.6 is 0 Å². The molecule has 2 aromatic rings. The zero-order chi connectivity index (χ0) is 21.2. The van der Waals surface area contributed by atoms with Gasteiger partial charge >= 0.3 is 0 Å². The molecule has 3 aliphatic carbocycles. The lowest BCUT2D eigenvalue weighted by atomic mass is 9.66. The van der Waals surface area contributed by atoms with Gasteiger partial charge in [0.25, 0.3) is 0 Å². The summed E-state index contributed by atoms with van der Waals surface area (Å²) in [5.41, 5.74) is 0. The summed E-state index contributed by atoms with van der Waals surface area (Å²) < 4.78 is 0. The minimum Gasteiger partial charge on any atom is -0.0683 e. The highest BCUT2D eigenvalue weighted by Crippen LogP contribution is 2.44. The van der Waals surface area contributed by atoms with Crippen molar-refractivity contribution in [2.24, 2.45) is 11.8 Å². The molecule has 0 radical (unpaired) electrons. The van der Waals surface area contributed by atoms with Crippen molar-refractivity contribution in [1.82, 2.24) is 0 Å². The normalized spacial score (nSPS) is 22.1. The first-order valence-electron chi connectivity index (χ1n) is 12.9. The average molecular weight is 397 g/mol. The van der Waals surface area contributed by atoms with E-state index in [9.17, 15) is 0 Å². The maximum Gasteiger partial charge on any atom is -0.0184 e. The Morgan fingerprint density at radius 2 is 0.690 bits per heavy atom. The molecule has 0 aromatic heterocycles. The Bertz CT molecular complexity index is 503. The van der Waals surface area contributed by atoms with Crippen LogP contribution in [-0.4, -0.2) is 0 Å². The molecule has 2 aromatic carbocycles. The van der Waals surface area contributed by atoms with E-state index >= 15 is 0 Å². The highest BCUT2D eigenvalue weighted by Gasteiger charge is 2.32. The fourth-order valence-corrected chi connectivity index (χ4v) is 4.58. The SMILES string of the molecule is C1CCC2CCC2C1.C1CCCCCC1.CC.CC.c1ccc2ccccc2c1. The van der Waals surface area contributed by atoms with Gasteiger partial charge in [-0.15, -0.1) is 0 Å². The first-order valence-corrected chi connectivity index (χ1v) is 12.9. The number of rotatable bonds is 0. The van der Waals surface area contributed by atoms with E-state index in [4.69, 9.17) is 0 Å². The molecule has 3 saturated carbocycles. The van der Waals surface area contributed by atoms with Crippen LogP contribution in [0.25, 0.3) is 10.8 Å². The fraction of sp³-hybridized carbons (Fsp3) is 0.655. The van der Waals surface area contributed by atoms with Crippen LogP contribution in [0.15, 0.2) is 48.5 Å². The van der Waals surface area contributed by atoms with Gasteiger partial charge < -0.3 is 0 Å². The predicted molar refractivity (Wildman–Crippen MR) is 134 cm³/mol. The fourth-order valence-electron chi connectivity index (χ4n) is 4.58. The molecular formula is C29H48. The molecule has 0 bridgehead atoms. The Labute approximate surface area is 182 Å². The molecule has 0 amide bonds. The third-order valence-corrected chi connectivity index (χ3v) is 6.38. The van der Waals surface area contributed by atoms with Gasteiger partial charge in [-0.05, 0) is 35.4 Å². The van der Waals surface area contributed by atoms with Crippen LogP contribution in [-0.2, 0) is 0 Å². The Hall–Kier alpha value is -1.30. The Kier molecular flexibility index (Phi) is 15.6. The second-order valence-corrected chi connectivity index (χ2v) is 8.20. The molecular weight excluding hydrogens is 348 g/mol. The third kappa shape index (κ3) is 10.3. The van der Waals surface area contributed by atoms with Gasteiger partial charge in [-0.25, -0.2) is 0 Å². The molecule has 3 fully saturated rings. The second-order valence-electron chi connectivity index (χ2n) is 8.20. The topological polar surface area (TPSA) is 0 Å². The summed E-state index contributed by atoms with van der Waals surface area (Å²) in [4.78, 5) is 0. The monoisotopic (exact) mass is 396 g/mol. The quantitative estimate of drug-likeness (QED) is 0.388. The summed E-state index contributed by atoms with van der Waals surface area (Å²) >= 11 is 0. The summed E-state index contributed by atoms with van der Waals surface area (Å²) in [7, 11) is 0. The van der Waals surface area contributed by atoms with E-state index in [1.165, 1.54) is 80.4 Å². The Balaban J connectivity index is 0.000000203. The van der Waals surface area contributed by atoms with Crippen molar-refractivity contribution in [2.45, 2.75) is 111 Å². The standard InChI is InChI=1S/C10H8.C8H14.C7H14.2C2H6/c1-2-6-10-8-4-3-7-9(10)5-1;1-2-4-8-6-5-7(8)3-1;1-2-4-6-7-5-3-1;2*1-2/h1-8H;7-8H,1-6H2;1-7H2;2*1-2H3. The lowest BCUT2D eigenvalue weighted by Crippen LogP contribution is -2.28. The summed E-state index contributed by atoms with van der Waals surface area (Å²) in [6.45, 7) is 8.00. The zero-order valence-electron chi connectivity index (χ0n) is 20.0. The van der Waals surface area contributed by atoms with Crippen molar-refractivity contribution in [1.29, 1.82) is 0 Å². The van der Waals surface area contributed by atoms with Crippen molar-refractivity contribution < 1.29 is 0 Å². The minimum absolute atomic E-state index is 1.18. The van der Waals surface area contributed by atoms with E-state index in [2.05, 4.69) is 48.5 Å². The summed E-state index contributed by atoms with van der Waals surface area (Å²) in [6.07, 6.45) is 19.8. The highest BCUT2D eigenvalue weighted by molar-refractivity contribution is 5.81. The molecule has 0 aliphatic heterocycles. The number of hydrogen-bond acceptors (Lipinski definition) is 0. The number of hydrogen-bond donors (Lipinski definition) is 0. The molecule has 0 N–H and O–H groups in total. The van der Waals surface area contributed by atoms with E-state index < -0.39 is 0 Å². The van der Waals surface area contributed by atoms with Crippen LogP contribution < -0.4 is 0 Å². The van der Waals surface area contributed by atoms with Gasteiger partial charge in [0.15, 0.2) is 0 Å². The maximum absolute atomic E-state index is 2.12. The predicted octanol–water partition coefficient (Wildman–Crippen LogP) is 10.2. The minimum atomic E-state index is 1.18. The van der Waals surface area contributed by atoms with E-state index in [0.717, 1.165) is 0 Å². The van der Waals surface area contributed by atoms with Crippen LogP contribution in [0.5, 0.6) is 0 Å². The van der Waals surface area contributed by atoms with Crippen LogP contribution in [0.3, 0.4) is 0 Å². The van der Waals surface area contributed by atoms with Crippen molar-refractivity contribution >= 4 is 10.8 Å². The Morgan fingerprint density at radius 1 is 0.414 bits per heavy atom. The number of benzene rings is 2. The molecule has 0 heteroatoms. The van der Waals surface area contributed by atoms with Crippen LogP contribution in [0.4, 0.5) is 0 Å². The van der Waals surface area contributed by atoms with Gasteiger partial charge in [0.1, 0.15) is 0 Å². The zero-order valence-corrected chi connectivity index (χ0v) is 20.0. The van der Waals surface area contributed by atoms with E-state index in [1.54, 1.807) is 25.7 Å². The van der Waals surface area contributed by atoms with Gasteiger partial charge in [0, 0.05) is 0 Å². The van der Waals surface area contributed by atoms with Crippen LogP contribution in [0.2, 0.25) is 0 Å². The molecule has 3 aliphatic rings. The lowest BCUT2D eigenvalue weighted by molar-refractivity contribution is 0.115. The smallest absolute Gasteiger partial charge is 0.0184 e. The van der Waals surface area contributed by atoms with Crippen molar-refractivity contribution in [3.63, 3.8) is 0 Å². The van der Waals surface area contributed by atoms with Gasteiger partial charge in [-0.2, -0.15) is 0 Å². The van der Waals surface area contributed by atoms with Gasteiger partial charge in [-0.1, -0.05) is 147 Å². The Morgan fingerprint density at radius 3 is 0.897 bits per heavy atom. The molecule has 164 valence electrons. The molecule has 0 nitrogen and oxygen atoms in total. The van der Waals surface area contributed by atoms with Crippen LogP contribution in [0.1, 0.15) is 111 Å². The van der Waals surface area contributed by atoms with Crippen molar-refractivity contribution in [3.8, 4) is 0 Å². The van der Waals surface area contributed by atoms with Gasteiger partial charge in [-0.3, -0.25) is 0 Å². The first kappa shape index (κ1) is 25.7. The molecule has 0 saturated heterocycles. The second kappa shape index (κ2) is 17.5. The molecule has 0 spiro atoms. The van der Waals surface area contributed by atoms with Crippen LogP contribution in [0, 0.1) is 11.8 Å². The van der Waals surface area contributed by atoms with Gasteiger partial charge in [0.2, 0.25) is 0 Å². The van der Waals surface area contributed by atoms with Crippen molar-refractivity contribution in [2.75, 3.05) is 0 Å². The van der Waals surface area contributed by atoms with E-state index in [0.29, 0.717) is 0 Å². The molecule has 29 heavy (non-hydrogen) atoms. The molecule has 0 heterocycles. The average Bonchev–Trinajstić information content (AvgIpc) is 3.12. The maximum atomic E-state index is 2.12. The molecule has 2 atom stereocenters. The lowest BCUT2D eigenvalue weighted by Gasteiger charge is -2.40. The van der Waals surface area contributed by atoms with Crippen molar-refractivity contribution in [3.05, 3.63) is 48.5 Å². The first-order chi connectivity index (χ1) is 14.4. The third-order valence-electron chi connectivity index (χ3n) is 6.38. The number of fused-ring (bicyclic) bond motifs is 2. The summed E-state index contributed by atoms with van der Waals surface area (Å²) in [6, 6.07) is 16.7. The molecule has 2 unspecified atom stereocenters.